The Morgan fingerprint density at radius 1 is 1.38 bits per heavy atom. The SMILES string of the molecule is Cc1ccc(NC2CCCSC2)c(C)c1O. The lowest BCUT2D eigenvalue weighted by Crippen LogP contribution is -2.26. The van der Waals surface area contributed by atoms with Crippen LogP contribution in [0.25, 0.3) is 0 Å². The third-order valence-corrected chi connectivity index (χ3v) is 4.37. The van der Waals surface area contributed by atoms with Crippen LogP contribution in [0.2, 0.25) is 0 Å². The normalized spacial score (nSPS) is 20.8. The van der Waals surface area contributed by atoms with Gasteiger partial charge in [0.25, 0.3) is 0 Å². The number of hydrogen-bond acceptors (Lipinski definition) is 3. The van der Waals surface area contributed by atoms with E-state index in [4.69, 9.17) is 0 Å². The first-order valence-corrected chi connectivity index (χ1v) is 6.97. The van der Waals surface area contributed by atoms with Crippen molar-refractivity contribution in [1.82, 2.24) is 0 Å². The lowest BCUT2D eigenvalue weighted by molar-refractivity contribution is 0.467. The van der Waals surface area contributed by atoms with Gasteiger partial charge in [-0.1, -0.05) is 6.07 Å². The molecule has 1 fully saturated rings. The number of hydrogen-bond donors (Lipinski definition) is 2. The third kappa shape index (κ3) is 2.46. The first-order chi connectivity index (χ1) is 7.68. The summed E-state index contributed by atoms with van der Waals surface area (Å²) in [6, 6.07) is 4.60. The molecule has 1 atom stereocenters. The van der Waals surface area contributed by atoms with Gasteiger partial charge in [-0.15, -0.1) is 0 Å². The predicted molar refractivity (Wildman–Crippen MR) is 71.6 cm³/mol. The Morgan fingerprint density at radius 3 is 2.88 bits per heavy atom. The third-order valence-electron chi connectivity index (χ3n) is 3.15. The second kappa shape index (κ2) is 5.00. The molecule has 88 valence electrons. The topological polar surface area (TPSA) is 32.3 Å². The van der Waals surface area contributed by atoms with Crippen LogP contribution in [0.3, 0.4) is 0 Å². The minimum absolute atomic E-state index is 0.425. The fraction of sp³-hybridized carbons (Fsp3) is 0.538. The van der Waals surface area contributed by atoms with Gasteiger partial charge < -0.3 is 10.4 Å². The Hall–Kier alpha value is -0.830. The summed E-state index contributed by atoms with van der Waals surface area (Å²) in [6.45, 7) is 3.91. The van der Waals surface area contributed by atoms with E-state index in [-0.39, 0.29) is 0 Å². The molecule has 1 unspecified atom stereocenters. The van der Waals surface area contributed by atoms with E-state index in [1.807, 2.05) is 31.7 Å². The van der Waals surface area contributed by atoms with Crippen molar-refractivity contribution in [2.45, 2.75) is 32.7 Å². The van der Waals surface area contributed by atoms with Crippen LogP contribution in [0.5, 0.6) is 5.75 Å². The van der Waals surface area contributed by atoms with E-state index < -0.39 is 0 Å². The van der Waals surface area contributed by atoms with Gasteiger partial charge in [0, 0.05) is 23.0 Å². The Balaban J connectivity index is 2.11. The second-order valence-electron chi connectivity index (χ2n) is 4.46. The number of aromatic hydroxyl groups is 1. The van der Waals surface area contributed by atoms with Crippen molar-refractivity contribution in [1.29, 1.82) is 0 Å². The Bertz CT molecular complexity index is 372. The Kier molecular flexibility index (Phi) is 3.64. The molecule has 16 heavy (non-hydrogen) atoms. The van der Waals surface area contributed by atoms with E-state index in [1.165, 1.54) is 24.3 Å². The number of benzene rings is 1. The summed E-state index contributed by atoms with van der Waals surface area (Å²) in [7, 11) is 0. The van der Waals surface area contributed by atoms with Crippen LogP contribution < -0.4 is 5.32 Å². The van der Waals surface area contributed by atoms with Gasteiger partial charge in [-0.3, -0.25) is 0 Å². The molecule has 0 radical (unpaired) electrons. The number of aryl methyl sites for hydroxylation is 1. The molecule has 1 aliphatic rings. The highest BCUT2D eigenvalue weighted by Crippen LogP contribution is 2.30. The maximum absolute atomic E-state index is 9.87. The number of thioether (sulfide) groups is 1. The number of nitrogens with one attached hydrogen (secondary N) is 1. The minimum atomic E-state index is 0.425. The summed E-state index contributed by atoms with van der Waals surface area (Å²) in [4.78, 5) is 0. The van der Waals surface area contributed by atoms with Crippen molar-refractivity contribution < 1.29 is 5.11 Å². The largest absolute Gasteiger partial charge is 0.507 e. The molecule has 0 amide bonds. The van der Waals surface area contributed by atoms with Crippen molar-refractivity contribution in [3.63, 3.8) is 0 Å². The van der Waals surface area contributed by atoms with Gasteiger partial charge >= 0.3 is 0 Å². The van der Waals surface area contributed by atoms with Crippen LogP contribution in [0.1, 0.15) is 24.0 Å². The highest BCUT2D eigenvalue weighted by atomic mass is 32.2. The lowest BCUT2D eigenvalue weighted by atomic mass is 10.1. The zero-order chi connectivity index (χ0) is 11.5. The predicted octanol–water partition coefficient (Wildman–Crippen LogP) is 3.32. The molecule has 0 aliphatic carbocycles. The molecule has 2 N–H and O–H groups in total. The lowest BCUT2D eigenvalue weighted by Gasteiger charge is -2.24. The fourth-order valence-corrected chi connectivity index (χ4v) is 3.14. The summed E-state index contributed by atoms with van der Waals surface area (Å²) in [5.74, 6) is 2.89. The maximum atomic E-state index is 9.87. The average molecular weight is 237 g/mol. The van der Waals surface area contributed by atoms with Crippen LogP contribution >= 0.6 is 11.8 Å². The first-order valence-electron chi connectivity index (χ1n) is 5.82. The summed E-state index contributed by atoms with van der Waals surface area (Å²) < 4.78 is 0. The van der Waals surface area contributed by atoms with Crippen LogP contribution in [-0.2, 0) is 0 Å². The zero-order valence-corrected chi connectivity index (χ0v) is 10.7. The van der Waals surface area contributed by atoms with Gasteiger partial charge in [0.2, 0.25) is 0 Å². The molecule has 2 rings (SSSR count). The highest BCUT2D eigenvalue weighted by Gasteiger charge is 2.15. The van der Waals surface area contributed by atoms with Gasteiger partial charge in [0.15, 0.2) is 0 Å². The molecular weight excluding hydrogens is 218 g/mol. The van der Waals surface area contributed by atoms with Crippen molar-refractivity contribution in [2.75, 3.05) is 16.8 Å². The van der Waals surface area contributed by atoms with Gasteiger partial charge in [-0.25, -0.2) is 0 Å². The number of phenols is 1. The van der Waals surface area contributed by atoms with Crippen LogP contribution in [0.4, 0.5) is 5.69 Å². The summed E-state index contributed by atoms with van der Waals surface area (Å²) in [6.07, 6.45) is 2.53. The van der Waals surface area contributed by atoms with Gasteiger partial charge in [0.05, 0.1) is 0 Å². The molecule has 1 aliphatic heterocycles. The standard InChI is InChI=1S/C13H19NOS/c1-9-5-6-12(10(2)13(9)15)14-11-4-3-7-16-8-11/h5-6,11,14-15H,3-4,7-8H2,1-2H3. The summed E-state index contributed by atoms with van der Waals surface area (Å²) in [5, 5.41) is 13.4. The molecule has 0 aromatic heterocycles. The molecule has 0 saturated carbocycles. The maximum Gasteiger partial charge on any atom is 0.123 e. The van der Waals surface area contributed by atoms with E-state index in [0.717, 1.165) is 16.8 Å². The molecular formula is C13H19NOS. The quantitative estimate of drug-likeness (QED) is 0.827. The van der Waals surface area contributed by atoms with Gasteiger partial charge in [-0.2, -0.15) is 11.8 Å². The van der Waals surface area contributed by atoms with E-state index in [9.17, 15) is 5.11 Å². The Labute approximate surface area is 101 Å². The molecule has 1 aromatic carbocycles. The van der Waals surface area contributed by atoms with Crippen molar-refractivity contribution in [2.24, 2.45) is 0 Å². The molecule has 0 bridgehead atoms. The van der Waals surface area contributed by atoms with Crippen molar-refractivity contribution in [3.8, 4) is 5.75 Å². The molecule has 2 nitrogen and oxygen atoms in total. The van der Waals surface area contributed by atoms with Crippen molar-refractivity contribution >= 4 is 17.4 Å². The molecule has 1 aromatic rings. The van der Waals surface area contributed by atoms with Crippen LogP contribution in [0.15, 0.2) is 12.1 Å². The minimum Gasteiger partial charge on any atom is -0.507 e. The summed E-state index contributed by atoms with van der Waals surface area (Å²) >= 11 is 2.01. The van der Waals surface area contributed by atoms with E-state index in [2.05, 4.69) is 11.4 Å². The number of rotatable bonds is 2. The van der Waals surface area contributed by atoms with Gasteiger partial charge in [-0.05, 0) is 44.1 Å². The monoisotopic (exact) mass is 237 g/mol. The molecule has 0 spiro atoms. The number of anilines is 1. The van der Waals surface area contributed by atoms with Gasteiger partial charge in [0.1, 0.15) is 5.75 Å². The highest BCUT2D eigenvalue weighted by molar-refractivity contribution is 7.99. The summed E-state index contributed by atoms with van der Waals surface area (Å²) in [5.41, 5.74) is 2.99. The zero-order valence-electron chi connectivity index (χ0n) is 9.92. The van der Waals surface area contributed by atoms with E-state index in [0.29, 0.717) is 11.8 Å². The average Bonchev–Trinajstić information content (AvgIpc) is 2.31. The molecule has 1 saturated heterocycles. The van der Waals surface area contributed by atoms with Crippen LogP contribution in [-0.4, -0.2) is 22.7 Å². The first kappa shape index (κ1) is 11.6. The van der Waals surface area contributed by atoms with Crippen molar-refractivity contribution in [3.05, 3.63) is 23.3 Å². The molecule has 3 heteroatoms. The van der Waals surface area contributed by atoms with E-state index in [1.54, 1.807) is 0 Å². The van der Waals surface area contributed by atoms with Crippen LogP contribution in [0, 0.1) is 13.8 Å². The fourth-order valence-electron chi connectivity index (χ4n) is 2.07. The second-order valence-corrected chi connectivity index (χ2v) is 5.61. The number of phenolic OH excluding ortho intramolecular Hbond substituents is 1. The van der Waals surface area contributed by atoms with E-state index >= 15 is 0 Å². The molecule has 1 heterocycles. The smallest absolute Gasteiger partial charge is 0.123 e. The Morgan fingerprint density at radius 2 is 2.19 bits per heavy atom.